The van der Waals surface area contributed by atoms with Crippen LogP contribution in [0, 0.1) is 13.8 Å². The van der Waals surface area contributed by atoms with Crippen LogP contribution in [0.1, 0.15) is 34.7 Å². The topological polar surface area (TPSA) is 90.7 Å². The number of carbonyl (C=O) groups is 1. The van der Waals surface area contributed by atoms with Crippen LogP contribution in [0.5, 0.6) is 5.75 Å². The summed E-state index contributed by atoms with van der Waals surface area (Å²) in [5.41, 5.74) is 13.7. The molecule has 0 aliphatic carbocycles. The molecular formula is C20H21N5O2. The van der Waals surface area contributed by atoms with Gasteiger partial charge in [-0.15, -0.1) is 0 Å². The van der Waals surface area contributed by atoms with Gasteiger partial charge < -0.3 is 4.74 Å². The Labute approximate surface area is 157 Å². The fraction of sp³-hybridized carbons (Fsp3) is 0.300. The third-order valence-corrected chi connectivity index (χ3v) is 4.63. The van der Waals surface area contributed by atoms with Gasteiger partial charge in [-0.3, -0.25) is 4.79 Å². The molecule has 0 radical (unpaired) electrons. The number of azide groups is 1. The largest absolute Gasteiger partial charge is 0.497 e. The number of aryl methyl sites for hydroxylation is 2. The first kappa shape index (κ1) is 18.5. The van der Waals surface area contributed by atoms with Crippen LogP contribution in [-0.2, 0) is 4.79 Å². The number of hydrogen-bond donors (Lipinski definition) is 0. The highest BCUT2D eigenvalue weighted by atomic mass is 16.5. The summed E-state index contributed by atoms with van der Waals surface area (Å²) in [4.78, 5) is 15.2. The second-order valence-corrected chi connectivity index (χ2v) is 6.49. The molecule has 1 unspecified atom stereocenters. The van der Waals surface area contributed by atoms with E-state index in [0.29, 0.717) is 6.42 Å². The van der Waals surface area contributed by atoms with Crippen LogP contribution in [-0.4, -0.2) is 30.3 Å². The average molecular weight is 363 g/mol. The van der Waals surface area contributed by atoms with Crippen molar-refractivity contribution in [2.45, 2.75) is 26.3 Å². The number of amides is 1. The van der Waals surface area contributed by atoms with E-state index in [2.05, 4.69) is 21.2 Å². The van der Waals surface area contributed by atoms with E-state index in [1.807, 2.05) is 50.2 Å². The van der Waals surface area contributed by atoms with Gasteiger partial charge in [-0.1, -0.05) is 41.0 Å². The standard InChI is InChI=1S/C20H21N5O2/c1-13-4-9-17(14(2)10-13)18-11-19(15-5-7-16(27-3)8-6-15)25(23-18)20(26)12-22-24-21/h4-10,19H,11-12H2,1-3H3. The molecule has 138 valence electrons. The van der Waals surface area contributed by atoms with Gasteiger partial charge in [0.25, 0.3) is 0 Å². The molecule has 0 N–H and O–H groups in total. The fourth-order valence-electron chi connectivity index (χ4n) is 3.29. The molecule has 1 aliphatic heterocycles. The molecule has 2 aromatic carbocycles. The second-order valence-electron chi connectivity index (χ2n) is 6.49. The van der Waals surface area contributed by atoms with E-state index in [1.165, 1.54) is 10.6 Å². The monoisotopic (exact) mass is 363 g/mol. The quantitative estimate of drug-likeness (QED) is 0.450. The van der Waals surface area contributed by atoms with Crippen LogP contribution in [0.25, 0.3) is 10.4 Å². The maximum Gasteiger partial charge on any atom is 0.249 e. The Balaban J connectivity index is 1.96. The van der Waals surface area contributed by atoms with E-state index in [-0.39, 0.29) is 18.5 Å². The zero-order valence-electron chi connectivity index (χ0n) is 15.6. The Bertz CT molecular complexity index is 930. The van der Waals surface area contributed by atoms with Gasteiger partial charge in [0.05, 0.1) is 18.9 Å². The molecule has 0 fully saturated rings. The summed E-state index contributed by atoms with van der Waals surface area (Å²) in [6.07, 6.45) is 0.595. The summed E-state index contributed by atoms with van der Waals surface area (Å²) < 4.78 is 5.21. The Morgan fingerprint density at radius 2 is 2.04 bits per heavy atom. The minimum absolute atomic E-state index is 0.243. The maximum absolute atomic E-state index is 12.6. The Hall–Kier alpha value is -3.31. The predicted octanol–water partition coefficient (Wildman–Crippen LogP) is 4.30. The Kier molecular flexibility index (Phi) is 5.43. The summed E-state index contributed by atoms with van der Waals surface area (Å²) in [5.74, 6) is 0.424. The van der Waals surface area contributed by atoms with Gasteiger partial charge in [0.15, 0.2) is 0 Å². The highest BCUT2D eigenvalue weighted by Crippen LogP contribution is 2.34. The molecule has 0 aromatic heterocycles. The van der Waals surface area contributed by atoms with Gasteiger partial charge in [-0.2, -0.15) is 5.10 Å². The number of methoxy groups -OCH3 is 1. The van der Waals surface area contributed by atoms with Crippen molar-refractivity contribution in [1.29, 1.82) is 0 Å². The van der Waals surface area contributed by atoms with Crippen LogP contribution in [0.4, 0.5) is 0 Å². The number of hydrazone groups is 1. The van der Waals surface area contributed by atoms with E-state index in [1.54, 1.807) is 7.11 Å². The molecule has 2 aromatic rings. The van der Waals surface area contributed by atoms with Gasteiger partial charge in [0.1, 0.15) is 12.3 Å². The predicted molar refractivity (Wildman–Crippen MR) is 104 cm³/mol. The lowest BCUT2D eigenvalue weighted by atomic mass is 9.95. The van der Waals surface area contributed by atoms with Crippen LogP contribution in [0.2, 0.25) is 0 Å². The van der Waals surface area contributed by atoms with E-state index >= 15 is 0 Å². The number of rotatable bonds is 5. The van der Waals surface area contributed by atoms with Crippen molar-refractivity contribution in [2.75, 3.05) is 13.7 Å². The highest BCUT2D eigenvalue weighted by molar-refractivity contribution is 6.04. The molecular weight excluding hydrogens is 342 g/mol. The molecule has 27 heavy (non-hydrogen) atoms. The van der Waals surface area contributed by atoms with Gasteiger partial charge in [0.2, 0.25) is 5.91 Å². The molecule has 0 bridgehead atoms. The Morgan fingerprint density at radius 1 is 1.30 bits per heavy atom. The summed E-state index contributed by atoms with van der Waals surface area (Å²) in [6, 6.07) is 13.5. The average Bonchev–Trinajstić information content (AvgIpc) is 3.11. The summed E-state index contributed by atoms with van der Waals surface area (Å²) in [7, 11) is 1.61. The van der Waals surface area contributed by atoms with Crippen molar-refractivity contribution < 1.29 is 9.53 Å². The highest BCUT2D eigenvalue weighted by Gasteiger charge is 2.33. The first-order chi connectivity index (χ1) is 13.0. The lowest BCUT2D eigenvalue weighted by molar-refractivity contribution is -0.131. The molecule has 3 rings (SSSR count). The number of carbonyl (C=O) groups excluding carboxylic acids is 1. The fourth-order valence-corrected chi connectivity index (χ4v) is 3.29. The maximum atomic E-state index is 12.6. The van der Waals surface area contributed by atoms with Crippen molar-refractivity contribution in [2.24, 2.45) is 10.2 Å². The molecule has 1 heterocycles. The van der Waals surface area contributed by atoms with Crippen molar-refractivity contribution in [3.05, 3.63) is 75.2 Å². The van der Waals surface area contributed by atoms with Crippen LogP contribution < -0.4 is 4.74 Å². The minimum atomic E-state index is -0.326. The minimum Gasteiger partial charge on any atom is -0.497 e. The van der Waals surface area contributed by atoms with Gasteiger partial charge in [-0.05, 0) is 42.6 Å². The van der Waals surface area contributed by atoms with Crippen molar-refractivity contribution in [3.63, 3.8) is 0 Å². The second kappa shape index (κ2) is 7.93. The van der Waals surface area contributed by atoms with Crippen LogP contribution in [0.15, 0.2) is 52.7 Å². The molecule has 0 saturated carbocycles. The SMILES string of the molecule is COc1ccc(C2CC(c3ccc(C)cc3C)=NN2C(=O)CN=[N+]=[N-])cc1. The third kappa shape index (κ3) is 3.93. The van der Waals surface area contributed by atoms with Crippen LogP contribution >= 0.6 is 0 Å². The number of ether oxygens (including phenoxy) is 1. The van der Waals surface area contributed by atoms with Crippen molar-refractivity contribution in [1.82, 2.24) is 5.01 Å². The molecule has 0 saturated heterocycles. The molecule has 1 atom stereocenters. The number of nitrogens with zero attached hydrogens (tertiary/aromatic N) is 5. The van der Waals surface area contributed by atoms with E-state index in [9.17, 15) is 4.79 Å². The lowest BCUT2D eigenvalue weighted by Crippen LogP contribution is -2.28. The number of benzene rings is 2. The molecule has 7 nitrogen and oxygen atoms in total. The van der Waals surface area contributed by atoms with Gasteiger partial charge >= 0.3 is 0 Å². The van der Waals surface area contributed by atoms with E-state index in [4.69, 9.17) is 10.3 Å². The summed E-state index contributed by atoms with van der Waals surface area (Å²) in [5, 5.41) is 9.42. The Morgan fingerprint density at radius 3 is 2.67 bits per heavy atom. The lowest BCUT2D eigenvalue weighted by Gasteiger charge is -2.21. The smallest absolute Gasteiger partial charge is 0.249 e. The first-order valence-electron chi connectivity index (χ1n) is 8.65. The van der Waals surface area contributed by atoms with Gasteiger partial charge in [-0.25, -0.2) is 5.01 Å². The first-order valence-corrected chi connectivity index (χ1v) is 8.65. The molecule has 1 aliphatic rings. The molecule has 1 amide bonds. The van der Waals surface area contributed by atoms with Crippen molar-refractivity contribution >= 4 is 11.6 Å². The molecule has 0 spiro atoms. The van der Waals surface area contributed by atoms with E-state index in [0.717, 1.165) is 28.2 Å². The third-order valence-electron chi connectivity index (χ3n) is 4.63. The number of hydrogen-bond acceptors (Lipinski definition) is 4. The van der Waals surface area contributed by atoms with Crippen molar-refractivity contribution in [3.8, 4) is 5.75 Å². The summed E-state index contributed by atoms with van der Waals surface area (Å²) in [6.45, 7) is 3.83. The van der Waals surface area contributed by atoms with Gasteiger partial charge in [0, 0.05) is 16.9 Å². The van der Waals surface area contributed by atoms with E-state index < -0.39 is 0 Å². The van der Waals surface area contributed by atoms with Crippen LogP contribution in [0.3, 0.4) is 0 Å². The zero-order chi connectivity index (χ0) is 19.4. The molecule has 7 heteroatoms. The summed E-state index contributed by atoms with van der Waals surface area (Å²) >= 11 is 0. The normalized spacial score (nSPS) is 15.9. The zero-order valence-corrected chi connectivity index (χ0v) is 15.6.